The number of carbonyl (C=O) groups is 1. The lowest BCUT2D eigenvalue weighted by molar-refractivity contribution is 0.0672. The highest BCUT2D eigenvalue weighted by atomic mass is 16.5. The van der Waals surface area contributed by atoms with E-state index in [0.29, 0.717) is 37.9 Å². The molecule has 0 fully saturated rings. The van der Waals surface area contributed by atoms with Crippen LogP contribution in [0, 0.1) is 6.92 Å². The Morgan fingerprint density at radius 1 is 1.46 bits per heavy atom. The van der Waals surface area contributed by atoms with Crippen LogP contribution in [-0.2, 0) is 13.1 Å². The summed E-state index contributed by atoms with van der Waals surface area (Å²) in [6, 6.07) is 5.39. The number of rotatable bonds is 5. The summed E-state index contributed by atoms with van der Waals surface area (Å²) in [6.45, 7) is 9.68. The molecule has 2 aromatic rings. The molecule has 0 saturated carbocycles. The molecule has 6 heteroatoms. The van der Waals surface area contributed by atoms with Gasteiger partial charge in [-0.25, -0.2) is 0 Å². The van der Waals surface area contributed by atoms with Gasteiger partial charge in [-0.3, -0.25) is 9.48 Å². The van der Waals surface area contributed by atoms with Crippen molar-refractivity contribution in [2.45, 2.75) is 26.9 Å². The van der Waals surface area contributed by atoms with E-state index in [1.54, 1.807) is 23.1 Å². The van der Waals surface area contributed by atoms with Gasteiger partial charge in [-0.1, -0.05) is 18.7 Å². The Morgan fingerprint density at radius 3 is 2.96 bits per heavy atom. The number of aromatic nitrogens is 2. The van der Waals surface area contributed by atoms with Crippen LogP contribution in [0.1, 0.15) is 28.9 Å². The van der Waals surface area contributed by atoms with Gasteiger partial charge in [0.05, 0.1) is 18.8 Å². The first-order chi connectivity index (χ1) is 11.6. The Morgan fingerprint density at radius 2 is 2.29 bits per heavy atom. The van der Waals surface area contributed by atoms with Crippen LogP contribution in [0.3, 0.4) is 0 Å². The Balaban J connectivity index is 1.67. The molecule has 126 valence electrons. The van der Waals surface area contributed by atoms with E-state index in [-0.39, 0.29) is 5.91 Å². The number of furan rings is 1. The van der Waals surface area contributed by atoms with Gasteiger partial charge < -0.3 is 14.1 Å². The van der Waals surface area contributed by atoms with E-state index in [0.717, 1.165) is 17.0 Å². The number of amides is 1. The average Bonchev–Trinajstić information content (AvgIpc) is 3.20. The van der Waals surface area contributed by atoms with E-state index in [9.17, 15) is 4.79 Å². The smallest absolute Gasteiger partial charge is 0.289 e. The van der Waals surface area contributed by atoms with Crippen LogP contribution in [0.2, 0.25) is 0 Å². The lowest BCUT2D eigenvalue weighted by Crippen LogP contribution is -2.38. The minimum atomic E-state index is -0.0964. The van der Waals surface area contributed by atoms with Crippen molar-refractivity contribution in [2.75, 3.05) is 13.2 Å². The fraction of sp³-hybridized carbons (Fsp3) is 0.333. The molecule has 1 aliphatic rings. The summed E-state index contributed by atoms with van der Waals surface area (Å²) in [5, 5.41) is 4.43. The quantitative estimate of drug-likeness (QED) is 0.792. The summed E-state index contributed by atoms with van der Waals surface area (Å²) >= 11 is 0. The topological polar surface area (TPSA) is 60.5 Å². The molecule has 3 heterocycles. The van der Waals surface area contributed by atoms with Gasteiger partial charge in [-0.15, -0.1) is 5.10 Å². The van der Waals surface area contributed by atoms with Crippen molar-refractivity contribution < 1.29 is 13.9 Å². The fourth-order valence-electron chi connectivity index (χ4n) is 2.61. The molecule has 3 rings (SSSR count). The number of nitrogens with zero attached hydrogens (tertiary/aromatic N) is 3. The molecule has 0 N–H and O–H groups in total. The van der Waals surface area contributed by atoms with Crippen LogP contribution in [0.5, 0.6) is 5.88 Å². The summed E-state index contributed by atoms with van der Waals surface area (Å²) in [5.74, 6) is 1.58. The number of fused-ring (bicyclic) bond motifs is 1. The number of allylic oxidation sites excluding steroid dienone is 1. The third-order valence-electron chi connectivity index (χ3n) is 4.03. The maximum Gasteiger partial charge on any atom is 0.289 e. The third-order valence-corrected chi connectivity index (χ3v) is 4.03. The first-order valence-corrected chi connectivity index (χ1v) is 7.93. The van der Waals surface area contributed by atoms with Gasteiger partial charge in [-0.2, -0.15) is 0 Å². The molecule has 0 aromatic carbocycles. The van der Waals surface area contributed by atoms with Gasteiger partial charge in [0.1, 0.15) is 12.4 Å². The number of hydrogen-bond donors (Lipinski definition) is 0. The molecule has 2 aromatic heterocycles. The summed E-state index contributed by atoms with van der Waals surface area (Å²) < 4.78 is 13.0. The average molecular weight is 327 g/mol. The molecule has 1 amide bonds. The zero-order chi connectivity index (χ0) is 17.1. The largest absolute Gasteiger partial charge is 0.472 e. The lowest BCUT2D eigenvalue weighted by atomic mass is 10.2. The monoisotopic (exact) mass is 327 g/mol. The van der Waals surface area contributed by atoms with Crippen molar-refractivity contribution in [3.63, 3.8) is 0 Å². The number of carbonyl (C=O) groups excluding carboxylic acids is 1. The first kappa shape index (κ1) is 16.1. The molecule has 1 aliphatic heterocycles. The predicted octanol–water partition coefficient (Wildman–Crippen LogP) is 2.95. The van der Waals surface area contributed by atoms with Gasteiger partial charge in [0.25, 0.3) is 5.91 Å². The SMILES string of the molecule is C=C/C(=C\C)COc1cc2n(n1)CCN(C(=O)c1ccc(C)o1)C2. The van der Waals surface area contributed by atoms with Crippen molar-refractivity contribution in [2.24, 2.45) is 0 Å². The molecule has 0 unspecified atom stereocenters. The standard InChI is InChI=1S/C18H21N3O3/c1-4-14(5-2)12-23-17-10-15-11-20(8-9-21(15)19-17)18(22)16-7-6-13(3)24-16/h4-7,10H,1,8-9,11-12H2,2-3H3/b14-5+. The summed E-state index contributed by atoms with van der Waals surface area (Å²) in [6.07, 6.45) is 3.72. The normalized spacial score (nSPS) is 14.4. The first-order valence-electron chi connectivity index (χ1n) is 7.93. The van der Waals surface area contributed by atoms with E-state index >= 15 is 0 Å². The van der Waals surface area contributed by atoms with Crippen LogP contribution in [0.4, 0.5) is 0 Å². The molecule has 24 heavy (non-hydrogen) atoms. The molecule has 0 spiro atoms. The van der Waals surface area contributed by atoms with Crippen LogP contribution in [0.25, 0.3) is 0 Å². The van der Waals surface area contributed by atoms with Crippen molar-refractivity contribution >= 4 is 5.91 Å². The third kappa shape index (κ3) is 3.27. The Hall–Kier alpha value is -2.76. The number of aryl methyl sites for hydroxylation is 1. The zero-order valence-corrected chi connectivity index (χ0v) is 14.0. The Labute approximate surface area is 141 Å². The number of ether oxygens (including phenoxy) is 1. The zero-order valence-electron chi connectivity index (χ0n) is 14.0. The molecule has 0 saturated heterocycles. The van der Waals surface area contributed by atoms with E-state index in [1.807, 2.05) is 30.7 Å². The van der Waals surface area contributed by atoms with Gasteiger partial charge in [-0.05, 0) is 31.6 Å². The van der Waals surface area contributed by atoms with E-state index < -0.39 is 0 Å². The van der Waals surface area contributed by atoms with Crippen LogP contribution in [0.15, 0.2) is 46.9 Å². The van der Waals surface area contributed by atoms with Gasteiger partial charge in [0, 0.05) is 12.6 Å². The van der Waals surface area contributed by atoms with Gasteiger partial charge >= 0.3 is 0 Å². The van der Waals surface area contributed by atoms with Crippen LogP contribution < -0.4 is 4.74 Å². The Kier molecular flexibility index (Phi) is 4.55. The second-order valence-corrected chi connectivity index (χ2v) is 5.69. The molecule has 0 bridgehead atoms. The van der Waals surface area contributed by atoms with Crippen molar-refractivity contribution in [1.82, 2.24) is 14.7 Å². The van der Waals surface area contributed by atoms with Gasteiger partial charge in [0.2, 0.25) is 5.88 Å². The molecule has 0 aliphatic carbocycles. The highest BCUT2D eigenvalue weighted by Crippen LogP contribution is 2.20. The van der Waals surface area contributed by atoms with Crippen LogP contribution >= 0.6 is 0 Å². The maximum absolute atomic E-state index is 12.5. The Bertz CT molecular complexity index is 785. The van der Waals surface area contributed by atoms with Crippen molar-refractivity contribution in [1.29, 1.82) is 0 Å². The molecular formula is C18H21N3O3. The highest BCUT2D eigenvalue weighted by molar-refractivity contribution is 5.91. The van der Waals surface area contributed by atoms with Crippen molar-refractivity contribution in [3.05, 3.63) is 59.7 Å². The summed E-state index contributed by atoms with van der Waals surface area (Å²) in [7, 11) is 0. The van der Waals surface area contributed by atoms with E-state index in [1.165, 1.54) is 0 Å². The van der Waals surface area contributed by atoms with Gasteiger partial charge in [0.15, 0.2) is 5.76 Å². The number of hydrogen-bond acceptors (Lipinski definition) is 4. The van der Waals surface area contributed by atoms with E-state index in [2.05, 4.69) is 11.7 Å². The molecule has 0 radical (unpaired) electrons. The summed E-state index contributed by atoms with van der Waals surface area (Å²) in [5.41, 5.74) is 1.96. The second kappa shape index (κ2) is 6.78. The lowest BCUT2D eigenvalue weighted by Gasteiger charge is -2.26. The predicted molar refractivity (Wildman–Crippen MR) is 89.9 cm³/mol. The second-order valence-electron chi connectivity index (χ2n) is 5.69. The minimum absolute atomic E-state index is 0.0964. The van der Waals surface area contributed by atoms with Crippen molar-refractivity contribution in [3.8, 4) is 5.88 Å². The maximum atomic E-state index is 12.5. The molecule has 0 atom stereocenters. The van der Waals surface area contributed by atoms with E-state index in [4.69, 9.17) is 9.15 Å². The fourth-order valence-corrected chi connectivity index (χ4v) is 2.61. The summed E-state index contributed by atoms with van der Waals surface area (Å²) in [4.78, 5) is 14.2. The highest BCUT2D eigenvalue weighted by Gasteiger charge is 2.25. The minimum Gasteiger partial charge on any atom is -0.472 e. The van der Waals surface area contributed by atoms with Crippen LogP contribution in [-0.4, -0.2) is 33.7 Å². The molecular weight excluding hydrogens is 306 g/mol. The molecule has 6 nitrogen and oxygen atoms in total.